The fourth-order valence-electron chi connectivity index (χ4n) is 2.57. The van der Waals surface area contributed by atoms with Gasteiger partial charge in [-0.15, -0.1) is 0 Å². The molecule has 1 aliphatic rings. The molecule has 1 fully saturated rings. The highest BCUT2D eigenvalue weighted by atomic mass is 16.2. The lowest BCUT2D eigenvalue weighted by molar-refractivity contribution is -0.134. The molecule has 0 aromatic carbocycles. The van der Waals surface area contributed by atoms with E-state index in [4.69, 9.17) is 0 Å². The summed E-state index contributed by atoms with van der Waals surface area (Å²) in [5.41, 5.74) is 0.0873. The van der Waals surface area contributed by atoms with Gasteiger partial charge in [0.15, 0.2) is 0 Å². The van der Waals surface area contributed by atoms with Crippen LogP contribution in [-0.4, -0.2) is 47.9 Å². The second-order valence-corrected chi connectivity index (χ2v) is 7.10. The Morgan fingerprint density at radius 1 is 1.28 bits per heavy atom. The van der Waals surface area contributed by atoms with Crippen molar-refractivity contribution in [3.05, 3.63) is 0 Å². The number of amides is 1. The average molecular weight is 254 g/mol. The van der Waals surface area contributed by atoms with Crippen LogP contribution < -0.4 is 0 Å². The second-order valence-electron chi connectivity index (χ2n) is 7.10. The number of piperidine rings is 1. The van der Waals surface area contributed by atoms with Gasteiger partial charge in [0.25, 0.3) is 0 Å². The molecule has 0 N–H and O–H groups in total. The summed E-state index contributed by atoms with van der Waals surface area (Å²) in [4.78, 5) is 16.7. The minimum atomic E-state index is 0.0873. The number of carbonyl (C=O) groups excluding carboxylic acids is 1. The SMILES string of the molecule is CC(C)N1CCC(N(C)C(=O)CC(C)(C)C)CC1. The molecule has 1 aliphatic heterocycles. The lowest BCUT2D eigenvalue weighted by atomic mass is 9.91. The molecular weight excluding hydrogens is 224 g/mol. The number of hydrogen-bond acceptors (Lipinski definition) is 2. The van der Waals surface area contributed by atoms with Crippen molar-refractivity contribution in [2.24, 2.45) is 5.41 Å². The number of carbonyl (C=O) groups is 1. The van der Waals surface area contributed by atoms with Crippen molar-refractivity contribution in [3.8, 4) is 0 Å². The van der Waals surface area contributed by atoms with Crippen molar-refractivity contribution < 1.29 is 4.79 Å². The molecule has 3 nitrogen and oxygen atoms in total. The van der Waals surface area contributed by atoms with Crippen molar-refractivity contribution in [2.75, 3.05) is 20.1 Å². The minimum Gasteiger partial charge on any atom is -0.343 e. The molecule has 3 heteroatoms. The molecule has 0 radical (unpaired) electrons. The van der Waals surface area contributed by atoms with Gasteiger partial charge >= 0.3 is 0 Å². The van der Waals surface area contributed by atoms with Gasteiger partial charge in [0.05, 0.1) is 0 Å². The van der Waals surface area contributed by atoms with E-state index in [-0.39, 0.29) is 5.41 Å². The van der Waals surface area contributed by atoms with Crippen molar-refractivity contribution in [1.29, 1.82) is 0 Å². The Morgan fingerprint density at radius 3 is 2.17 bits per heavy atom. The van der Waals surface area contributed by atoms with Crippen LogP contribution in [-0.2, 0) is 4.79 Å². The molecule has 0 unspecified atom stereocenters. The van der Waals surface area contributed by atoms with E-state index < -0.39 is 0 Å². The summed E-state index contributed by atoms with van der Waals surface area (Å²) in [6.07, 6.45) is 2.88. The molecular formula is C15H30N2O. The van der Waals surface area contributed by atoms with Gasteiger partial charge < -0.3 is 9.80 Å². The van der Waals surface area contributed by atoms with Crippen LogP contribution in [0.15, 0.2) is 0 Å². The summed E-state index contributed by atoms with van der Waals surface area (Å²) < 4.78 is 0. The Balaban J connectivity index is 2.45. The first kappa shape index (κ1) is 15.5. The fraction of sp³-hybridized carbons (Fsp3) is 0.933. The van der Waals surface area contributed by atoms with Crippen molar-refractivity contribution >= 4 is 5.91 Å². The van der Waals surface area contributed by atoms with Crippen molar-refractivity contribution in [2.45, 2.75) is 66.0 Å². The predicted molar refractivity (Wildman–Crippen MR) is 76.6 cm³/mol. The van der Waals surface area contributed by atoms with Gasteiger partial charge in [0, 0.05) is 38.6 Å². The van der Waals surface area contributed by atoms with Crippen LogP contribution in [0.5, 0.6) is 0 Å². The summed E-state index contributed by atoms with van der Waals surface area (Å²) in [5.74, 6) is 0.297. The van der Waals surface area contributed by atoms with Crippen LogP contribution >= 0.6 is 0 Å². The third-order valence-electron chi connectivity index (χ3n) is 3.85. The van der Waals surface area contributed by atoms with Crippen LogP contribution in [0.25, 0.3) is 0 Å². The summed E-state index contributed by atoms with van der Waals surface area (Å²) in [6, 6.07) is 1.07. The maximum absolute atomic E-state index is 12.2. The zero-order valence-electron chi connectivity index (χ0n) is 13.0. The summed E-state index contributed by atoms with van der Waals surface area (Å²) in [7, 11) is 1.98. The van der Waals surface area contributed by atoms with E-state index in [0.29, 0.717) is 24.4 Å². The second kappa shape index (κ2) is 6.05. The first-order valence-electron chi connectivity index (χ1n) is 7.20. The topological polar surface area (TPSA) is 23.6 Å². The molecule has 0 aromatic rings. The highest BCUT2D eigenvalue weighted by Gasteiger charge is 2.28. The van der Waals surface area contributed by atoms with Gasteiger partial charge in [-0.25, -0.2) is 0 Å². The third-order valence-corrected chi connectivity index (χ3v) is 3.85. The fourth-order valence-corrected chi connectivity index (χ4v) is 2.57. The first-order chi connectivity index (χ1) is 8.20. The Bertz CT molecular complexity index is 273. The number of nitrogens with zero attached hydrogens (tertiary/aromatic N) is 2. The van der Waals surface area contributed by atoms with Crippen LogP contribution in [0.4, 0.5) is 0 Å². The van der Waals surface area contributed by atoms with Gasteiger partial charge in [-0.05, 0) is 32.1 Å². The maximum Gasteiger partial charge on any atom is 0.223 e. The molecule has 1 saturated heterocycles. The molecule has 1 amide bonds. The van der Waals surface area contributed by atoms with E-state index in [1.54, 1.807) is 0 Å². The molecule has 0 aliphatic carbocycles. The van der Waals surface area contributed by atoms with Gasteiger partial charge in [0.2, 0.25) is 5.91 Å². The lowest BCUT2D eigenvalue weighted by Crippen LogP contribution is -2.47. The molecule has 1 heterocycles. The standard InChI is InChI=1S/C15H30N2O/c1-12(2)17-9-7-13(8-10-17)16(6)14(18)11-15(3,4)5/h12-13H,7-11H2,1-6H3. The molecule has 0 aromatic heterocycles. The van der Waals surface area contributed by atoms with Gasteiger partial charge in [-0.2, -0.15) is 0 Å². The zero-order chi connectivity index (χ0) is 13.9. The smallest absolute Gasteiger partial charge is 0.223 e. The maximum atomic E-state index is 12.2. The molecule has 0 spiro atoms. The Labute approximate surface area is 113 Å². The largest absolute Gasteiger partial charge is 0.343 e. The molecule has 0 saturated carbocycles. The summed E-state index contributed by atoms with van der Waals surface area (Å²) >= 11 is 0. The summed E-state index contributed by atoms with van der Waals surface area (Å²) in [5, 5.41) is 0. The predicted octanol–water partition coefficient (Wildman–Crippen LogP) is 2.75. The molecule has 0 atom stereocenters. The van der Waals surface area contributed by atoms with E-state index in [1.807, 2.05) is 11.9 Å². The van der Waals surface area contributed by atoms with E-state index in [0.717, 1.165) is 25.9 Å². The normalized spacial score (nSPS) is 19.3. The van der Waals surface area contributed by atoms with E-state index in [1.165, 1.54) is 0 Å². The van der Waals surface area contributed by atoms with E-state index >= 15 is 0 Å². The van der Waals surface area contributed by atoms with Gasteiger partial charge in [0.1, 0.15) is 0 Å². The summed E-state index contributed by atoms with van der Waals surface area (Å²) in [6.45, 7) is 13.1. The highest BCUT2D eigenvalue weighted by Crippen LogP contribution is 2.23. The average Bonchev–Trinajstić information content (AvgIpc) is 2.26. The molecule has 1 rings (SSSR count). The molecule has 106 valence electrons. The quantitative estimate of drug-likeness (QED) is 0.773. The Morgan fingerprint density at radius 2 is 1.78 bits per heavy atom. The highest BCUT2D eigenvalue weighted by molar-refractivity contribution is 5.76. The molecule has 18 heavy (non-hydrogen) atoms. The van der Waals surface area contributed by atoms with Gasteiger partial charge in [-0.1, -0.05) is 20.8 Å². The van der Waals surface area contributed by atoms with Crippen molar-refractivity contribution in [3.63, 3.8) is 0 Å². The first-order valence-corrected chi connectivity index (χ1v) is 7.20. The van der Waals surface area contributed by atoms with E-state index in [2.05, 4.69) is 39.5 Å². The van der Waals surface area contributed by atoms with Crippen LogP contribution in [0.2, 0.25) is 0 Å². The van der Waals surface area contributed by atoms with Crippen LogP contribution in [0.3, 0.4) is 0 Å². The van der Waals surface area contributed by atoms with Gasteiger partial charge in [-0.3, -0.25) is 4.79 Å². The lowest BCUT2D eigenvalue weighted by Gasteiger charge is -2.39. The Kier molecular flexibility index (Phi) is 5.20. The van der Waals surface area contributed by atoms with Crippen molar-refractivity contribution in [1.82, 2.24) is 9.80 Å². The van der Waals surface area contributed by atoms with E-state index in [9.17, 15) is 4.79 Å². The number of likely N-dealkylation sites (tertiary alicyclic amines) is 1. The third kappa shape index (κ3) is 4.60. The number of rotatable bonds is 3. The Hall–Kier alpha value is -0.570. The minimum absolute atomic E-state index is 0.0873. The monoisotopic (exact) mass is 254 g/mol. The number of hydrogen-bond donors (Lipinski definition) is 0. The zero-order valence-corrected chi connectivity index (χ0v) is 13.0. The van der Waals surface area contributed by atoms with Crippen LogP contribution in [0, 0.1) is 5.41 Å². The van der Waals surface area contributed by atoms with Crippen LogP contribution in [0.1, 0.15) is 53.9 Å². The molecule has 0 bridgehead atoms.